The number of piperazine rings is 1. The first-order valence-corrected chi connectivity index (χ1v) is 8.22. The third-order valence-corrected chi connectivity index (χ3v) is 4.32. The van der Waals surface area contributed by atoms with Crippen molar-refractivity contribution in [1.29, 1.82) is 0 Å². The van der Waals surface area contributed by atoms with Crippen LogP contribution >= 0.6 is 0 Å². The van der Waals surface area contributed by atoms with Gasteiger partial charge in [-0.1, -0.05) is 0 Å². The highest BCUT2D eigenvalue weighted by Crippen LogP contribution is 2.09. The van der Waals surface area contributed by atoms with Gasteiger partial charge in [-0.05, 0) is 12.8 Å². The van der Waals surface area contributed by atoms with E-state index in [4.69, 9.17) is 4.74 Å². The van der Waals surface area contributed by atoms with Gasteiger partial charge in [0.15, 0.2) is 0 Å². The number of methoxy groups -OCH3 is 1. The molecule has 2 aliphatic heterocycles. The molecule has 0 radical (unpaired) electrons. The van der Waals surface area contributed by atoms with Gasteiger partial charge in [0.2, 0.25) is 5.91 Å². The Balaban J connectivity index is 1.55. The monoisotopic (exact) mass is 312 g/mol. The van der Waals surface area contributed by atoms with E-state index in [0.29, 0.717) is 13.0 Å². The van der Waals surface area contributed by atoms with Crippen molar-refractivity contribution >= 4 is 11.9 Å². The number of nitrogens with one attached hydrogen (secondary N) is 1. The second-order valence-corrected chi connectivity index (χ2v) is 5.89. The molecular weight excluding hydrogens is 284 g/mol. The van der Waals surface area contributed by atoms with Crippen LogP contribution in [0.5, 0.6) is 0 Å². The molecule has 2 rings (SSSR count). The van der Waals surface area contributed by atoms with Gasteiger partial charge in [0.1, 0.15) is 0 Å². The van der Waals surface area contributed by atoms with Crippen LogP contribution in [0.1, 0.15) is 19.3 Å². The quantitative estimate of drug-likeness (QED) is 0.671. The lowest BCUT2D eigenvalue weighted by Crippen LogP contribution is -2.52. The van der Waals surface area contributed by atoms with Crippen LogP contribution in [0.15, 0.2) is 0 Å². The fourth-order valence-electron chi connectivity index (χ4n) is 2.91. The third kappa shape index (κ3) is 5.14. The van der Waals surface area contributed by atoms with E-state index >= 15 is 0 Å². The van der Waals surface area contributed by atoms with E-state index < -0.39 is 0 Å². The molecule has 0 aromatic carbocycles. The number of hydrogen-bond acceptors (Lipinski definition) is 4. The molecule has 1 N–H and O–H groups in total. The molecule has 126 valence electrons. The zero-order chi connectivity index (χ0) is 15.8. The number of ether oxygens (including phenoxy) is 1. The molecule has 7 nitrogen and oxygen atoms in total. The van der Waals surface area contributed by atoms with E-state index in [1.54, 1.807) is 7.11 Å². The summed E-state index contributed by atoms with van der Waals surface area (Å²) in [6.07, 6.45) is 2.48. The maximum atomic E-state index is 12.1. The molecule has 0 saturated carbocycles. The number of amides is 3. The van der Waals surface area contributed by atoms with E-state index in [1.807, 2.05) is 9.80 Å². The van der Waals surface area contributed by atoms with Crippen molar-refractivity contribution in [2.24, 2.45) is 0 Å². The zero-order valence-corrected chi connectivity index (χ0v) is 13.6. The average Bonchev–Trinajstić information content (AvgIpc) is 2.95. The molecular formula is C15H28N4O3. The van der Waals surface area contributed by atoms with E-state index in [-0.39, 0.29) is 11.9 Å². The van der Waals surface area contributed by atoms with Crippen LogP contribution in [-0.2, 0) is 9.53 Å². The number of hydrogen-bond donors (Lipinski definition) is 1. The second kappa shape index (κ2) is 8.95. The molecule has 0 unspecified atom stereocenters. The van der Waals surface area contributed by atoms with Crippen molar-refractivity contribution in [1.82, 2.24) is 20.0 Å². The van der Waals surface area contributed by atoms with Crippen LogP contribution in [-0.4, -0.2) is 92.7 Å². The first-order valence-electron chi connectivity index (χ1n) is 8.22. The third-order valence-electron chi connectivity index (χ3n) is 4.32. The van der Waals surface area contributed by atoms with Gasteiger partial charge in [0, 0.05) is 65.9 Å². The highest BCUT2D eigenvalue weighted by Gasteiger charge is 2.21. The molecule has 7 heteroatoms. The van der Waals surface area contributed by atoms with Crippen LogP contribution in [0.2, 0.25) is 0 Å². The fraction of sp³-hybridized carbons (Fsp3) is 0.867. The van der Waals surface area contributed by atoms with Gasteiger partial charge < -0.3 is 19.9 Å². The van der Waals surface area contributed by atoms with Crippen molar-refractivity contribution in [3.63, 3.8) is 0 Å². The highest BCUT2D eigenvalue weighted by molar-refractivity contribution is 5.78. The normalized spacial score (nSPS) is 19.8. The summed E-state index contributed by atoms with van der Waals surface area (Å²) >= 11 is 0. The predicted octanol–water partition coefficient (Wildman–Crippen LogP) is -0.0275. The molecule has 0 spiro atoms. The number of carbonyl (C=O) groups excluding carboxylic acids is 2. The summed E-state index contributed by atoms with van der Waals surface area (Å²) in [5.74, 6) is 0.249. The number of rotatable bonds is 7. The molecule has 2 heterocycles. The Morgan fingerprint density at radius 1 is 1.18 bits per heavy atom. The number of likely N-dealkylation sites (tertiary alicyclic amines) is 1. The maximum absolute atomic E-state index is 12.1. The number of carbonyl (C=O) groups is 2. The maximum Gasteiger partial charge on any atom is 0.317 e. The molecule has 0 atom stereocenters. The minimum absolute atomic E-state index is 0.0131. The number of nitrogens with zero attached hydrogens (tertiary/aromatic N) is 3. The Hall–Kier alpha value is -1.34. The summed E-state index contributed by atoms with van der Waals surface area (Å²) < 4.78 is 5.07. The van der Waals surface area contributed by atoms with Gasteiger partial charge in [0.25, 0.3) is 0 Å². The molecule has 0 bridgehead atoms. The first kappa shape index (κ1) is 17.0. The highest BCUT2D eigenvalue weighted by atomic mass is 16.5. The topological polar surface area (TPSA) is 65.1 Å². The lowest BCUT2D eigenvalue weighted by molar-refractivity contribution is -0.127. The Morgan fingerprint density at radius 3 is 2.59 bits per heavy atom. The number of urea groups is 1. The van der Waals surface area contributed by atoms with E-state index in [1.165, 1.54) is 0 Å². The van der Waals surface area contributed by atoms with Crippen LogP contribution in [0.4, 0.5) is 4.79 Å². The molecule has 2 aliphatic rings. The van der Waals surface area contributed by atoms with Gasteiger partial charge in [-0.15, -0.1) is 0 Å². The molecule has 0 aromatic heterocycles. The first-order chi connectivity index (χ1) is 10.7. The van der Waals surface area contributed by atoms with Crippen LogP contribution in [0.3, 0.4) is 0 Å². The second-order valence-electron chi connectivity index (χ2n) is 5.89. The fourth-order valence-corrected chi connectivity index (χ4v) is 2.91. The van der Waals surface area contributed by atoms with E-state index in [9.17, 15) is 9.59 Å². The van der Waals surface area contributed by atoms with Crippen LogP contribution in [0, 0.1) is 0 Å². The van der Waals surface area contributed by atoms with Crippen molar-refractivity contribution in [2.75, 3.05) is 66.1 Å². The Bertz CT molecular complexity index is 370. The molecule has 2 saturated heterocycles. The predicted molar refractivity (Wildman–Crippen MR) is 83.7 cm³/mol. The Kier molecular flexibility index (Phi) is 6.92. The van der Waals surface area contributed by atoms with Gasteiger partial charge in [0.05, 0.1) is 6.61 Å². The molecule has 3 amide bonds. The smallest absolute Gasteiger partial charge is 0.317 e. The largest absolute Gasteiger partial charge is 0.383 e. The van der Waals surface area contributed by atoms with Crippen LogP contribution in [0.25, 0.3) is 0 Å². The van der Waals surface area contributed by atoms with Crippen molar-refractivity contribution in [3.05, 3.63) is 0 Å². The molecule has 2 fully saturated rings. The van der Waals surface area contributed by atoms with Gasteiger partial charge in [-0.25, -0.2) is 4.79 Å². The Morgan fingerprint density at radius 2 is 1.95 bits per heavy atom. The van der Waals surface area contributed by atoms with Gasteiger partial charge in [-0.3, -0.25) is 9.69 Å². The van der Waals surface area contributed by atoms with Crippen molar-refractivity contribution in [3.8, 4) is 0 Å². The van der Waals surface area contributed by atoms with E-state index in [2.05, 4.69) is 10.2 Å². The molecule has 22 heavy (non-hydrogen) atoms. The summed E-state index contributed by atoms with van der Waals surface area (Å²) in [6.45, 7) is 7.25. The van der Waals surface area contributed by atoms with Crippen molar-refractivity contribution < 1.29 is 14.3 Å². The average molecular weight is 312 g/mol. The Labute approximate surface area is 132 Å². The SMILES string of the molecule is COCCN1CCN(C(=O)NCCCN2CCCC2=O)CC1. The summed E-state index contributed by atoms with van der Waals surface area (Å²) in [6, 6.07) is 0.0131. The zero-order valence-electron chi connectivity index (χ0n) is 13.6. The molecule has 0 aromatic rings. The summed E-state index contributed by atoms with van der Waals surface area (Å²) in [5, 5.41) is 2.95. The van der Waals surface area contributed by atoms with Crippen LogP contribution < -0.4 is 5.32 Å². The lowest BCUT2D eigenvalue weighted by atomic mass is 10.3. The minimum atomic E-state index is 0.0131. The van der Waals surface area contributed by atoms with Gasteiger partial charge in [-0.2, -0.15) is 0 Å². The van der Waals surface area contributed by atoms with Crippen molar-refractivity contribution in [2.45, 2.75) is 19.3 Å². The minimum Gasteiger partial charge on any atom is -0.383 e. The van der Waals surface area contributed by atoms with E-state index in [0.717, 1.165) is 65.3 Å². The summed E-state index contributed by atoms with van der Waals surface area (Å²) in [7, 11) is 1.71. The lowest BCUT2D eigenvalue weighted by Gasteiger charge is -2.34. The molecule has 0 aliphatic carbocycles. The standard InChI is InChI=1S/C15H28N4O3/c1-22-13-12-17-8-10-19(11-9-17)15(21)16-5-3-7-18-6-2-4-14(18)20/h2-13H2,1H3,(H,16,21). The summed E-state index contributed by atoms with van der Waals surface area (Å²) in [5.41, 5.74) is 0. The summed E-state index contributed by atoms with van der Waals surface area (Å²) in [4.78, 5) is 29.6. The van der Waals surface area contributed by atoms with Gasteiger partial charge >= 0.3 is 6.03 Å².